The van der Waals surface area contributed by atoms with E-state index in [0.717, 1.165) is 11.3 Å². The van der Waals surface area contributed by atoms with Gasteiger partial charge in [0.2, 0.25) is 5.91 Å². The van der Waals surface area contributed by atoms with Gasteiger partial charge in [0.05, 0.1) is 0 Å². The van der Waals surface area contributed by atoms with Crippen molar-refractivity contribution in [2.75, 3.05) is 6.61 Å². The largest absolute Gasteiger partial charge is 0.489 e. The summed E-state index contributed by atoms with van der Waals surface area (Å²) in [5, 5.41) is 2.87. The third-order valence-electron chi connectivity index (χ3n) is 2.63. The molecular formula is C15H23ClN2O2. The molecule has 0 aliphatic rings. The van der Waals surface area contributed by atoms with Gasteiger partial charge >= 0.3 is 0 Å². The Hall–Kier alpha value is -1.52. The van der Waals surface area contributed by atoms with Crippen LogP contribution in [0.4, 0.5) is 0 Å². The fourth-order valence-corrected chi connectivity index (χ4v) is 1.58. The number of ether oxygens (including phenoxy) is 1. The minimum Gasteiger partial charge on any atom is -0.489 e. The van der Waals surface area contributed by atoms with Crippen LogP contribution in [-0.4, -0.2) is 18.6 Å². The van der Waals surface area contributed by atoms with E-state index < -0.39 is 0 Å². The third-order valence-corrected chi connectivity index (χ3v) is 2.63. The number of carbonyl (C=O) groups excluding carboxylic acids is 1. The lowest BCUT2D eigenvalue weighted by molar-refractivity contribution is -0.121. The average molecular weight is 299 g/mol. The Morgan fingerprint density at radius 1 is 1.50 bits per heavy atom. The lowest BCUT2D eigenvalue weighted by atomic mass is 10.1. The lowest BCUT2D eigenvalue weighted by Gasteiger charge is -2.11. The van der Waals surface area contributed by atoms with Crippen LogP contribution in [0.2, 0.25) is 0 Å². The number of halogens is 1. The first-order chi connectivity index (χ1) is 9.13. The van der Waals surface area contributed by atoms with Crippen molar-refractivity contribution in [3.8, 4) is 5.75 Å². The monoisotopic (exact) mass is 298 g/mol. The van der Waals surface area contributed by atoms with E-state index in [4.69, 9.17) is 10.5 Å². The van der Waals surface area contributed by atoms with Crippen molar-refractivity contribution in [1.29, 1.82) is 0 Å². The summed E-state index contributed by atoms with van der Waals surface area (Å²) in [5.41, 5.74) is 6.57. The standard InChI is InChI=1S/C15H22N2O2.ClH/c1-3-10-19-14-7-5-4-6-13(14)11-17-15(18)9-8-12(2)16;/h3-7,12H,1,8-11,16H2,2H3,(H,17,18);1H. The summed E-state index contributed by atoms with van der Waals surface area (Å²) in [7, 11) is 0. The molecule has 0 saturated heterocycles. The maximum atomic E-state index is 11.6. The molecule has 1 atom stereocenters. The summed E-state index contributed by atoms with van der Waals surface area (Å²) in [6, 6.07) is 7.69. The van der Waals surface area contributed by atoms with Gasteiger partial charge < -0.3 is 15.8 Å². The van der Waals surface area contributed by atoms with Crippen LogP contribution in [0.5, 0.6) is 5.75 Å². The Bertz CT molecular complexity index is 422. The molecule has 112 valence electrons. The van der Waals surface area contributed by atoms with E-state index in [9.17, 15) is 4.79 Å². The zero-order valence-electron chi connectivity index (χ0n) is 11.8. The van der Waals surface area contributed by atoms with Gasteiger partial charge in [0.15, 0.2) is 0 Å². The second-order valence-electron chi connectivity index (χ2n) is 4.50. The van der Waals surface area contributed by atoms with E-state index in [0.29, 0.717) is 26.0 Å². The van der Waals surface area contributed by atoms with Gasteiger partial charge in [-0.05, 0) is 19.4 Å². The molecule has 4 nitrogen and oxygen atoms in total. The van der Waals surface area contributed by atoms with Gasteiger partial charge in [-0.3, -0.25) is 4.79 Å². The third kappa shape index (κ3) is 7.16. The fourth-order valence-electron chi connectivity index (χ4n) is 1.58. The maximum absolute atomic E-state index is 11.6. The van der Waals surface area contributed by atoms with E-state index >= 15 is 0 Å². The number of nitrogens with two attached hydrogens (primary N) is 1. The Morgan fingerprint density at radius 2 is 2.20 bits per heavy atom. The molecule has 0 aliphatic heterocycles. The number of hydrogen-bond acceptors (Lipinski definition) is 3. The van der Waals surface area contributed by atoms with Gasteiger partial charge in [-0.15, -0.1) is 12.4 Å². The quantitative estimate of drug-likeness (QED) is 0.725. The van der Waals surface area contributed by atoms with E-state index in [1.807, 2.05) is 31.2 Å². The molecule has 5 heteroatoms. The van der Waals surface area contributed by atoms with Crippen molar-refractivity contribution in [2.24, 2.45) is 5.73 Å². The highest BCUT2D eigenvalue weighted by molar-refractivity contribution is 5.85. The first-order valence-electron chi connectivity index (χ1n) is 6.47. The highest BCUT2D eigenvalue weighted by Crippen LogP contribution is 2.17. The number of amides is 1. The zero-order valence-corrected chi connectivity index (χ0v) is 12.6. The van der Waals surface area contributed by atoms with Gasteiger partial charge in [-0.1, -0.05) is 30.9 Å². The number of benzene rings is 1. The summed E-state index contributed by atoms with van der Waals surface area (Å²) < 4.78 is 5.53. The van der Waals surface area contributed by atoms with Crippen LogP contribution in [0.1, 0.15) is 25.3 Å². The van der Waals surface area contributed by atoms with Crippen molar-refractivity contribution in [3.63, 3.8) is 0 Å². The Labute approximate surface area is 126 Å². The Balaban J connectivity index is 0.00000361. The van der Waals surface area contributed by atoms with Crippen LogP contribution in [0.15, 0.2) is 36.9 Å². The van der Waals surface area contributed by atoms with Crippen LogP contribution < -0.4 is 15.8 Å². The number of carbonyl (C=O) groups is 1. The van der Waals surface area contributed by atoms with Crippen molar-refractivity contribution in [3.05, 3.63) is 42.5 Å². The van der Waals surface area contributed by atoms with Crippen molar-refractivity contribution < 1.29 is 9.53 Å². The predicted molar refractivity (Wildman–Crippen MR) is 84.1 cm³/mol. The average Bonchev–Trinajstić information content (AvgIpc) is 2.41. The van der Waals surface area contributed by atoms with Crippen LogP contribution in [0, 0.1) is 0 Å². The van der Waals surface area contributed by atoms with Gasteiger partial charge in [-0.25, -0.2) is 0 Å². The Kier molecular flexibility index (Phi) is 9.51. The van der Waals surface area contributed by atoms with Crippen molar-refractivity contribution >= 4 is 18.3 Å². The molecule has 0 heterocycles. The molecule has 0 aliphatic carbocycles. The van der Waals surface area contributed by atoms with E-state index in [1.165, 1.54) is 0 Å². The molecule has 0 spiro atoms. The summed E-state index contributed by atoms with van der Waals surface area (Å²) in [6.45, 7) is 6.43. The predicted octanol–water partition coefficient (Wildman–Crippen LogP) is 2.42. The van der Waals surface area contributed by atoms with Gasteiger partial charge in [0, 0.05) is 24.6 Å². The zero-order chi connectivity index (χ0) is 14.1. The second-order valence-corrected chi connectivity index (χ2v) is 4.50. The van der Waals surface area contributed by atoms with E-state index in [1.54, 1.807) is 6.08 Å². The van der Waals surface area contributed by atoms with Gasteiger partial charge in [-0.2, -0.15) is 0 Å². The molecule has 3 N–H and O–H groups in total. The molecule has 0 saturated carbocycles. The van der Waals surface area contributed by atoms with Crippen LogP contribution in [-0.2, 0) is 11.3 Å². The molecule has 1 rings (SSSR count). The summed E-state index contributed by atoms with van der Waals surface area (Å²) in [5.74, 6) is 0.783. The van der Waals surface area contributed by atoms with Gasteiger partial charge in [0.1, 0.15) is 12.4 Å². The molecule has 1 unspecified atom stereocenters. The van der Waals surface area contributed by atoms with Crippen molar-refractivity contribution in [1.82, 2.24) is 5.32 Å². The van der Waals surface area contributed by atoms with E-state index in [2.05, 4.69) is 11.9 Å². The minimum atomic E-state index is 0. The highest BCUT2D eigenvalue weighted by Gasteiger charge is 2.06. The number of rotatable bonds is 8. The van der Waals surface area contributed by atoms with Crippen LogP contribution >= 0.6 is 12.4 Å². The smallest absolute Gasteiger partial charge is 0.220 e. The molecule has 0 fully saturated rings. The maximum Gasteiger partial charge on any atom is 0.220 e. The minimum absolute atomic E-state index is 0. The van der Waals surface area contributed by atoms with Crippen molar-refractivity contribution in [2.45, 2.75) is 32.4 Å². The summed E-state index contributed by atoms with van der Waals surface area (Å²) >= 11 is 0. The first kappa shape index (κ1) is 18.5. The first-order valence-corrected chi connectivity index (χ1v) is 6.47. The number of nitrogens with one attached hydrogen (secondary N) is 1. The van der Waals surface area contributed by atoms with Crippen LogP contribution in [0.3, 0.4) is 0 Å². The molecule has 20 heavy (non-hydrogen) atoms. The summed E-state index contributed by atoms with van der Waals surface area (Å²) in [6.07, 6.45) is 2.84. The number of hydrogen-bond donors (Lipinski definition) is 2. The fraction of sp³-hybridized carbons (Fsp3) is 0.400. The SMILES string of the molecule is C=CCOc1ccccc1CNC(=O)CCC(C)N.Cl. The highest BCUT2D eigenvalue weighted by atomic mass is 35.5. The molecule has 0 aromatic heterocycles. The molecule has 1 aromatic carbocycles. The van der Waals surface area contributed by atoms with E-state index in [-0.39, 0.29) is 24.4 Å². The topological polar surface area (TPSA) is 64.3 Å². The lowest BCUT2D eigenvalue weighted by Crippen LogP contribution is -2.25. The number of para-hydroxylation sites is 1. The molecule has 0 bridgehead atoms. The summed E-state index contributed by atoms with van der Waals surface area (Å²) in [4.78, 5) is 11.6. The normalized spacial score (nSPS) is 11.1. The molecular weight excluding hydrogens is 276 g/mol. The second kappa shape index (κ2) is 10.3. The van der Waals surface area contributed by atoms with Crippen LogP contribution in [0.25, 0.3) is 0 Å². The molecule has 0 radical (unpaired) electrons. The Morgan fingerprint density at radius 3 is 2.85 bits per heavy atom. The molecule has 1 amide bonds. The van der Waals surface area contributed by atoms with Gasteiger partial charge in [0.25, 0.3) is 0 Å². The molecule has 1 aromatic rings.